The maximum atomic E-state index is 13.0. The van der Waals surface area contributed by atoms with Gasteiger partial charge in [-0.3, -0.25) is 14.4 Å². The lowest BCUT2D eigenvalue weighted by Gasteiger charge is -2.30. The number of hydrogen-bond donors (Lipinski definition) is 0. The van der Waals surface area contributed by atoms with Crippen molar-refractivity contribution in [2.24, 2.45) is 11.8 Å². The average molecular weight is 509 g/mol. The molecule has 0 radical (unpaired) electrons. The molecule has 1 aliphatic heterocycles. The first-order chi connectivity index (χ1) is 17.4. The summed E-state index contributed by atoms with van der Waals surface area (Å²) in [5, 5.41) is 0. The van der Waals surface area contributed by atoms with Crippen molar-refractivity contribution < 1.29 is 28.6 Å². The third-order valence-electron chi connectivity index (χ3n) is 7.60. The molecule has 0 spiro atoms. The van der Waals surface area contributed by atoms with E-state index in [9.17, 15) is 14.4 Å². The first-order valence-electron chi connectivity index (χ1n) is 14.9. The number of hydrogen-bond acceptors (Lipinski definition) is 6. The van der Waals surface area contributed by atoms with Crippen LogP contribution in [0.3, 0.4) is 0 Å². The number of esters is 1. The molecular formula is C30H52O6. The van der Waals surface area contributed by atoms with E-state index in [0.717, 1.165) is 77.2 Å². The number of carbonyl (C=O) groups excluding carboxylic acids is 3. The second-order valence-electron chi connectivity index (χ2n) is 11.1. The molecule has 0 amide bonds. The van der Waals surface area contributed by atoms with E-state index in [0.29, 0.717) is 31.5 Å². The zero-order valence-corrected chi connectivity index (χ0v) is 23.3. The highest BCUT2D eigenvalue weighted by molar-refractivity contribution is 5.84. The molecule has 36 heavy (non-hydrogen) atoms. The van der Waals surface area contributed by atoms with Crippen molar-refractivity contribution >= 4 is 17.5 Å². The number of carbonyl (C=O) groups is 3. The van der Waals surface area contributed by atoms with Crippen molar-refractivity contribution in [3.63, 3.8) is 0 Å². The standard InChI is InChI=1S/C30H52O6/c1-4-5-6-7-10-15-24(31)19-20-26-25(16-11-8-9-12-17-29(33)35-23(2)3)27(32)22-28(26)36-30-18-13-14-21-34-30/h23,25-26,28,30H,4-22H2,1-3H3/t25-,26-,28-,30?/m1/s1. The highest BCUT2D eigenvalue weighted by atomic mass is 16.7. The highest BCUT2D eigenvalue weighted by Gasteiger charge is 2.43. The van der Waals surface area contributed by atoms with E-state index in [1.165, 1.54) is 19.3 Å². The van der Waals surface area contributed by atoms with E-state index in [4.69, 9.17) is 14.2 Å². The number of rotatable bonds is 19. The number of unbranched alkanes of at least 4 members (excludes halogenated alkanes) is 7. The van der Waals surface area contributed by atoms with E-state index in [1.54, 1.807) is 0 Å². The molecule has 0 aromatic rings. The van der Waals surface area contributed by atoms with E-state index in [-0.39, 0.29) is 42.1 Å². The van der Waals surface area contributed by atoms with Crippen LogP contribution in [0.15, 0.2) is 0 Å². The van der Waals surface area contributed by atoms with Gasteiger partial charge in [-0.25, -0.2) is 0 Å². The van der Waals surface area contributed by atoms with Crippen LogP contribution in [0.4, 0.5) is 0 Å². The van der Waals surface area contributed by atoms with Gasteiger partial charge in [-0.05, 0) is 64.7 Å². The Bertz CT molecular complexity index is 639. The average Bonchev–Trinajstić information content (AvgIpc) is 3.13. The van der Waals surface area contributed by atoms with E-state index in [2.05, 4.69) is 6.92 Å². The predicted molar refractivity (Wildman–Crippen MR) is 142 cm³/mol. The van der Waals surface area contributed by atoms with Crippen LogP contribution in [0.5, 0.6) is 0 Å². The van der Waals surface area contributed by atoms with Crippen LogP contribution in [-0.4, -0.2) is 42.6 Å². The fourth-order valence-electron chi connectivity index (χ4n) is 5.61. The first-order valence-corrected chi connectivity index (χ1v) is 14.9. The first kappa shape index (κ1) is 31.0. The molecule has 208 valence electrons. The Balaban J connectivity index is 1.80. The summed E-state index contributed by atoms with van der Waals surface area (Å²) in [5.41, 5.74) is 0. The van der Waals surface area contributed by atoms with Crippen LogP contribution < -0.4 is 0 Å². The molecule has 1 heterocycles. The monoisotopic (exact) mass is 508 g/mol. The molecule has 1 unspecified atom stereocenters. The minimum absolute atomic E-state index is 0.0261. The van der Waals surface area contributed by atoms with Crippen LogP contribution in [0, 0.1) is 11.8 Å². The second kappa shape index (κ2) is 18.1. The molecule has 1 saturated carbocycles. The van der Waals surface area contributed by atoms with E-state index in [1.807, 2.05) is 13.8 Å². The van der Waals surface area contributed by atoms with Gasteiger partial charge in [0.25, 0.3) is 0 Å². The van der Waals surface area contributed by atoms with Crippen LogP contribution in [-0.2, 0) is 28.6 Å². The molecule has 0 aromatic carbocycles. The van der Waals surface area contributed by atoms with Crippen molar-refractivity contribution in [3.05, 3.63) is 0 Å². The van der Waals surface area contributed by atoms with Crippen LogP contribution >= 0.6 is 0 Å². The molecule has 6 heteroatoms. The topological polar surface area (TPSA) is 78.9 Å². The van der Waals surface area contributed by atoms with Gasteiger partial charge < -0.3 is 14.2 Å². The summed E-state index contributed by atoms with van der Waals surface area (Å²) in [6.07, 6.45) is 15.9. The molecule has 0 aromatic heterocycles. The predicted octanol–water partition coefficient (Wildman–Crippen LogP) is 7.11. The molecule has 4 atom stereocenters. The molecule has 0 N–H and O–H groups in total. The summed E-state index contributed by atoms with van der Waals surface area (Å²) in [6.45, 7) is 6.66. The van der Waals surface area contributed by atoms with Gasteiger partial charge in [0.15, 0.2) is 6.29 Å². The fourth-order valence-corrected chi connectivity index (χ4v) is 5.61. The molecule has 2 aliphatic rings. The van der Waals surface area contributed by atoms with E-state index < -0.39 is 0 Å². The van der Waals surface area contributed by atoms with E-state index >= 15 is 0 Å². The minimum Gasteiger partial charge on any atom is -0.463 e. The van der Waals surface area contributed by atoms with Crippen LogP contribution in [0.25, 0.3) is 0 Å². The van der Waals surface area contributed by atoms with Gasteiger partial charge in [-0.15, -0.1) is 0 Å². The van der Waals surface area contributed by atoms with Gasteiger partial charge in [0, 0.05) is 38.2 Å². The van der Waals surface area contributed by atoms with Gasteiger partial charge in [0.2, 0.25) is 0 Å². The fraction of sp³-hybridized carbons (Fsp3) is 0.900. The summed E-state index contributed by atoms with van der Waals surface area (Å²) in [4.78, 5) is 37.3. The molecule has 0 bridgehead atoms. The van der Waals surface area contributed by atoms with Crippen LogP contribution in [0.1, 0.15) is 136 Å². The maximum Gasteiger partial charge on any atom is 0.306 e. The third-order valence-corrected chi connectivity index (χ3v) is 7.60. The lowest BCUT2D eigenvalue weighted by atomic mass is 9.85. The Labute approximate surface area is 219 Å². The highest BCUT2D eigenvalue weighted by Crippen LogP contribution is 2.39. The SMILES string of the molecule is CCCCCCCC(=O)CC[C@H]1[C@H](OC2CCCCO2)CC(=O)[C@@H]1CCCCCCC(=O)OC(C)C. The summed E-state index contributed by atoms with van der Waals surface area (Å²) >= 11 is 0. The Morgan fingerprint density at radius 2 is 1.64 bits per heavy atom. The summed E-state index contributed by atoms with van der Waals surface area (Å²) in [5.74, 6) is 0.560. The molecule has 2 rings (SSSR count). The van der Waals surface area contributed by atoms with Gasteiger partial charge in [-0.1, -0.05) is 51.9 Å². The van der Waals surface area contributed by atoms with Crippen molar-refractivity contribution in [1.29, 1.82) is 0 Å². The van der Waals surface area contributed by atoms with Gasteiger partial charge in [0.05, 0.1) is 12.2 Å². The number of Topliss-reactive ketones (excluding diaryl/α,β-unsaturated/α-hetero) is 2. The molecule has 6 nitrogen and oxygen atoms in total. The lowest BCUT2D eigenvalue weighted by Crippen LogP contribution is -2.31. The van der Waals surface area contributed by atoms with Gasteiger partial charge >= 0.3 is 5.97 Å². The Kier molecular flexibility index (Phi) is 15.5. The number of ketones is 2. The van der Waals surface area contributed by atoms with Crippen molar-refractivity contribution in [2.75, 3.05) is 6.61 Å². The Morgan fingerprint density at radius 1 is 0.917 bits per heavy atom. The van der Waals surface area contributed by atoms with Crippen LogP contribution in [0.2, 0.25) is 0 Å². The van der Waals surface area contributed by atoms with Crippen molar-refractivity contribution in [2.45, 2.75) is 155 Å². The maximum absolute atomic E-state index is 13.0. The van der Waals surface area contributed by atoms with Crippen molar-refractivity contribution in [3.8, 4) is 0 Å². The Morgan fingerprint density at radius 3 is 2.33 bits per heavy atom. The molecule has 2 fully saturated rings. The van der Waals surface area contributed by atoms with Gasteiger partial charge in [0.1, 0.15) is 11.6 Å². The minimum atomic E-state index is -0.210. The van der Waals surface area contributed by atoms with Crippen molar-refractivity contribution in [1.82, 2.24) is 0 Å². The zero-order valence-electron chi connectivity index (χ0n) is 23.3. The second-order valence-corrected chi connectivity index (χ2v) is 11.1. The smallest absolute Gasteiger partial charge is 0.306 e. The summed E-state index contributed by atoms with van der Waals surface area (Å²) in [6, 6.07) is 0. The quantitative estimate of drug-likeness (QED) is 0.137. The Hall–Kier alpha value is -1.27. The molecular weight excluding hydrogens is 456 g/mol. The number of ether oxygens (including phenoxy) is 3. The molecule has 1 saturated heterocycles. The summed E-state index contributed by atoms with van der Waals surface area (Å²) < 4.78 is 17.3. The lowest BCUT2D eigenvalue weighted by molar-refractivity contribution is -0.196. The normalized spacial score (nSPS) is 24.4. The third kappa shape index (κ3) is 12.3. The zero-order chi connectivity index (χ0) is 26.2. The molecule has 1 aliphatic carbocycles. The summed E-state index contributed by atoms with van der Waals surface area (Å²) in [7, 11) is 0. The largest absolute Gasteiger partial charge is 0.463 e. The van der Waals surface area contributed by atoms with Gasteiger partial charge in [-0.2, -0.15) is 0 Å².